The Balaban J connectivity index is 2.08. The SMILES string of the molecule is COC(=O)c1cc(NC(=O)CN2CCCCCCC2=O)cc(C)c1C. The average Bonchev–Trinajstić information content (AvgIpc) is 2.57. The van der Waals surface area contributed by atoms with Crippen molar-refractivity contribution in [1.82, 2.24) is 4.90 Å². The molecule has 1 heterocycles. The van der Waals surface area contributed by atoms with E-state index in [2.05, 4.69) is 5.32 Å². The number of likely N-dealkylation sites (tertiary alicyclic amines) is 1. The van der Waals surface area contributed by atoms with E-state index in [0.717, 1.165) is 36.8 Å². The molecule has 0 aliphatic carbocycles. The van der Waals surface area contributed by atoms with E-state index < -0.39 is 5.97 Å². The first-order chi connectivity index (χ1) is 11.9. The van der Waals surface area contributed by atoms with Gasteiger partial charge >= 0.3 is 5.97 Å². The van der Waals surface area contributed by atoms with Crippen LogP contribution in [0.4, 0.5) is 5.69 Å². The van der Waals surface area contributed by atoms with Gasteiger partial charge < -0.3 is 15.0 Å². The van der Waals surface area contributed by atoms with Gasteiger partial charge in [-0.25, -0.2) is 4.79 Å². The van der Waals surface area contributed by atoms with Crippen LogP contribution in [0.5, 0.6) is 0 Å². The second-order valence-corrected chi connectivity index (χ2v) is 6.48. The molecule has 2 amide bonds. The van der Waals surface area contributed by atoms with Crippen LogP contribution in [0.1, 0.15) is 53.6 Å². The Labute approximate surface area is 148 Å². The van der Waals surface area contributed by atoms with E-state index in [1.54, 1.807) is 11.0 Å². The van der Waals surface area contributed by atoms with Crippen LogP contribution >= 0.6 is 0 Å². The van der Waals surface area contributed by atoms with E-state index in [1.165, 1.54) is 7.11 Å². The number of nitrogens with zero attached hydrogens (tertiary/aromatic N) is 1. The predicted octanol–water partition coefficient (Wildman–Crippen LogP) is 2.82. The molecule has 1 saturated heterocycles. The van der Waals surface area contributed by atoms with Crippen LogP contribution in [-0.4, -0.2) is 42.9 Å². The average molecular weight is 346 g/mol. The number of carbonyl (C=O) groups excluding carboxylic acids is 3. The first kappa shape index (κ1) is 19.0. The number of esters is 1. The molecule has 6 heteroatoms. The molecule has 0 unspecified atom stereocenters. The molecule has 1 aromatic carbocycles. The summed E-state index contributed by atoms with van der Waals surface area (Å²) >= 11 is 0. The predicted molar refractivity (Wildman–Crippen MR) is 95.6 cm³/mol. The van der Waals surface area contributed by atoms with Crippen molar-refractivity contribution in [2.24, 2.45) is 0 Å². The fourth-order valence-electron chi connectivity index (χ4n) is 3.01. The topological polar surface area (TPSA) is 75.7 Å². The summed E-state index contributed by atoms with van der Waals surface area (Å²) in [6, 6.07) is 3.43. The van der Waals surface area contributed by atoms with Crippen molar-refractivity contribution in [3.8, 4) is 0 Å². The lowest BCUT2D eigenvalue weighted by atomic mass is 10.0. The van der Waals surface area contributed by atoms with Crippen molar-refractivity contribution >= 4 is 23.5 Å². The van der Waals surface area contributed by atoms with Crippen molar-refractivity contribution in [2.75, 3.05) is 25.5 Å². The summed E-state index contributed by atoms with van der Waals surface area (Å²) in [5.41, 5.74) is 2.68. The highest BCUT2D eigenvalue weighted by molar-refractivity contribution is 5.97. The minimum atomic E-state index is -0.435. The third kappa shape index (κ3) is 5.05. The summed E-state index contributed by atoms with van der Waals surface area (Å²) in [6.07, 6.45) is 4.48. The lowest BCUT2D eigenvalue weighted by Gasteiger charge is -2.24. The van der Waals surface area contributed by atoms with Gasteiger partial charge in [-0.05, 0) is 49.9 Å². The number of methoxy groups -OCH3 is 1. The van der Waals surface area contributed by atoms with Gasteiger partial charge in [-0.2, -0.15) is 0 Å². The van der Waals surface area contributed by atoms with Gasteiger partial charge in [0.05, 0.1) is 19.2 Å². The summed E-state index contributed by atoms with van der Waals surface area (Å²) < 4.78 is 4.79. The third-order valence-electron chi connectivity index (χ3n) is 4.61. The van der Waals surface area contributed by atoms with Crippen LogP contribution in [-0.2, 0) is 14.3 Å². The smallest absolute Gasteiger partial charge is 0.338 e. The molecule has 0 atom stereocenters. The molecule has 0 aromatic heterocycles. The van der Waals surface area contributed by atoms with Crippen LogP contribution in [0.25, 0.3) is 0 Å². The molecule has 0 bridgehead atoms. The largest absolute Gasteiger partial charge is 0.465 e. The number of amides is 2. The summed E-state index contributed by atoms with van der Waals surface area (Å²) in [5, 5.41) is 2.79. The number of ether oxygens (including phenoxy) is 1. The van der Waals surface area contributed by atoms with Crippen LogP contribution in [0, 0.1) is 13.8 Å². The molecule has 136 valence electrons. The van der Waals surface area contributed by atoms with E-state index in [-0.39, 0.29) is 18.4 Å². The van der Waals surface area contributed by atoms with Gasteiger partial charge in [0, 0.05) is 18.7 Å². The number of rotatable bonds is 4. The van der Waals surface area contributed by atoms with E-state index in [0.29, 0.717) is 24.2 Å². The van der Waals surface area contributed by atoms with Gasteiger partial charge in [0.25, 0.3) is 0 Å². The minimum Gasteiger partial charge on any atom is -0.465 e. The maximum Gasteiger partial charge on any atom is 0.338 e. The normalized spacial score (nSPS) is 15.3. The molecule has 0 radical (unpaired) electrons. The molecule has 1 aromatic rings. The third-order valence-corrected chi connectivity index (χ3v) is 4.61. The van der Waals surface area contributed by atoms with Crippen LogP contribution in [0.3, 0.4) is 0 Å². The zero-order valence-corrected chi connectivity index (χ0v) is 15.2. The molecule has 2 rings (SSSR count). The highest BCUT2D eigenvalue weighted by atomic mass is 16.5. The van der Waals surface area contributed by atoms with Gasteiger partial charge in [-0.3, -0.25) is 9.59 Å². The fraction of sp³-hybridized carbons (Fsp3) is 0.526. The number of aryl methyl sites for hydroxylation is 1. The maximum atomic E-state index is 12.4. The lowest BCUT2D eigenvalue weighted by molar-refractivity contribution is -0.135. The number of nitrogens with one attached hydrogen (secondary N) is 1. The Morgan fingerprint density at radius 3 is 2.60 bits per heavy atom. The number of hydrogen-bond acceptors (Lipinski definition) is 4. The lowest BCUT2D eigenvalue weighted by Crippen LogP contribution is -2.39. The van der Waals surface area contributed by atoms with Crippen LogP contribution in [0.2, 0.25) is 0 Å². The van der Waals surface area contributed by atoms with Gasteiger partial charge in [0.1, 0.15) is 0 Å². The molecule has 25 heavy (non-hydrogen) atoms. The molecule has 1 fully saturated rings. The molecule has 1 N–H and O–H groups in total. The van der Waals surface area contributed by atoms with Crippen molar-refractivity contribution < 1.29 is 19.1 Å². The summed E-state index contributed by atoms with van der Waals surface area (Å²) in [6.45, 7) is 4.37. The summed E-state index contributed by atoms with van der Waals surface area (Å²) in [5.74, 6) is -0.658. The Hall–Kier alpha value is -2.37. The molecule has 0 spiro atoms. The zero-order chi connectivity index (χ0) is 18.4. The van der Waals surface area contributed by atoms with Gasteiger partial charge in [-0.15, -0.1) is 0 Å². The van der Waals surface area contributed by atoms with Gasteiger partial charge in [0.2, 0.25) is 11.8 Å². The van der Waals surface area contributed by atoms with Crippen molar-refractivity contribution in [2.45, 2.75) is 46.0 Å². The van der Waals surface area contributed by atoms with E-state index in [9.17, 15) is 14.4 Å². The Bertz CT molecular complexity index is 670. The minimum absolute atomic E-state index is 0.0326. The number of anilines is 1. The number of benzene rings is 1. The Morgan fingerprint density at radius 1 is 1.16 bits per heavy atom. The van der Waals surface area contributed by atoms with E-state index >= 15 is 0 Å². The fourth-order valence-corrected chi connectivity index (χ4v) is 3.01. The van der Waals surface area contributed by atoms with Crippen molar-refractivity contribution in [3.63, 3.8) is 0 Å². The molecule has 0 saturated carbocycles. The second-order valence-electron chi connectivity index (χ2n) is 6.48. The quantitative estimate of drug-likeness (QED) is 0.851. The highest BCUT2D eigenvalue weighted by Crippen LogP contribution is 2.21. The van der Waals surface area contributed by atoms with E-state index in [4.69, 9.17) is 4.74 Å². The molecule has 6 nitrogen and oxygen atoms in total. The van der Waals surface area contributed by atoms with Crippen molar-refractivity contribution in [1.29, 1.82) is 0 Å². The number of carbonyl (C=O) groups is 3. The number of hydrogen-bond donors (Lipinski definition) is 1. The van der Waals surface area contributed by atoms with Gasteiger partial charge in [0.15, 0.2) is 0 Å². The Kier molecular flexibility index (Phi) is 6.56. The Morgan fingerprint density at radius 2 is 1.88 bits per heavy atom. The highest BCUT2D eigenvalue weighted by Gasteiger charge is 2.19. The monoisotopic (exact) mass is 346 g/mol. The van der Waals surface area contributed by atoms with Gasteiger partial charge in [-0.1, -0.05) is 12.8 Å². The standard InChI is InChI=1S/C19H26N2O4/c1-13-10-15(11-16(14(13)2)19(24)25-3)20-17(22)12-21-9-7-5-4-6-8-18(21)23/h10-11H,4-9,12H2,1-3H3,(H,20,22). The molecule has 1 aliphatic heterocycles. The maximum absolute atomic E-state index is 12.4. The molecule has 1 aliphatic rings. The van der Waals surface area contributed by atoms with Crippen LogP contribution < -0.4 is 5.32 Å². The summed E-state index contributed by atoms with van der Waals surface area (Å²) in [7, 11) is 1.33. The van der Waals surface area contributed by atoms with Crippen LogP contribution in [0.15, 0.2) is 12.1 Å². The molecular formula is C19H26N2O4. The first-order valence-electron chi connectivity index (χ1n) is 8.69. The first-order valence-corrected chi connectivity index (χ1v) is 8.69. The summed E-state index contributed by atoms with van der Waals surface area (Å²) in [4.78, 5) is 38.0. The molecular weight excluding hydrogens is 320 g/mol. The second kappa shape index (κ2) is 8.65. The zero-order valence-electron chi connectivity index (χ0n) is 15.2. The van der Waals surface area contributed by atoms with Crippen molar-refractivity contribution in [3.05, 3.63) is 28.8 Å². The van der Waals surface area contributed by atoms with E-state index in [1.807, 2.05) is 19.9 Å².